The highest BCUT2D eigenvalue weighted by molar-refractivity contribution is 5.52. The van der Waals surface area contributed by atoms with Crippen molar-refractivity contribution in [1.82, 2.24) is 4.98 Å². The molecule has 2 aliphatic rings. The number of alkyl halides is 3. The molecule has 0 spiro atoms. The lowest BCUT2D eigenvalue weighted by atomic mass is 9.91. The molecule has 2 heterocycles. The van der Waals surface area contributed by atoms with Crippen LogP contribution in [0.4, 0.5) is 18.9 Å². The Hall–Kier alpha value is -1.82. The van der Waals surface area contributed by atoms with Crippen LogP contribution in [0.15, 0.2) is 12.1 Å². The summed E-state index contributed by atoms with van der Waals surface area (Å²) in [5.74, 6) is 5.44. The molecule has 0 unspecified atom stereocenters. The van der Waals surface area contributed by atoms with Crippen molar-refractivity contribution in [2.75, 3.05) is 31.7 Å². The molecule has 5 nitrogen and oxygen atoms in total. The van der Waals surface area contributed by atoms with Crippen LogP contribution in [-0.2, 0) is 20.4 Å². The molecule has 166 valence electrons. The zero-order chi connectivity index (χ0) is 21.7. The number of nitrogens with zero attached hydrogens (tertiary/aromatic N) is 2. The molecule has 0 radical (unpaired) electrons. The minimum atomic E-state index is -4.52. The van der Waals surface area contributed by atoms with Gasteiger partial charge in [-0.05, 0) is 57.6 Å². The van der Waals surface area contributed by atoms with E-state index in [-0.39, 0.29) is 36.7 Å². The van der Waals surface area contributed by atoms with Gasteiger partial charge in [-0.25, -0.2) is 4.98 Å². The fraction of sp³-hybridized carbons (Fsp3) is 0.682. The van der Waals surface area contributed by atoms with Crippen molar-refractivity contribution in [2.45, 2.75) is 70.1 Å². The Bertz CT molecular complexity index is 759. The summed E-state index contributed by atoms with van der Waals surface area (Å²) in [7, 11) is 1.71. The van der Waals surface area contributed by atoms with E-state index in [9.17, 15) is 13.2 Å². The van der Waals surface area contributed by atoms with Gasteiger partial charge in [0.2, 0.25) is 0 Å². The maximum Gasteiger partial charge on any atom is 0.433 e. The second-order valence-corrected chi connectivity index (χ2v) is 8.03. The third-order valence-electron chi connectivity index (χ3n) is 5.38. The van der Waals surface area contributed by atoms with Crippen molar-refractivity contribution in [3.8, 4) is 11.8 Å². The van der Waals surface area contributed by atoms with E-state index in [1.54, 1.807) is 13.2 Å². The van der Waals surface area contributed by atoms with Crippen molar-refractivity contribution in [3.63, 3.8) is 0 Å². The average molecular weight is 426 g/mol. The van der Waals surface area contributed by atoms with Crippen molar-refractivity contribution < 1.29 is 27.4 Å². The molecule has 0 N–H and O–H groups in total. The van der Waals surface area contributed by atoms with Crippen molar-refractivity contribution in [1.29, 1.82) is 0 Å². The van der Waals surface area contributed by atoms with E-state index in [2.05, 4.69) is 16.8 Å². The summed E-state index contributed by atoms with van der Waals surface area (Å²) in [5.41, 5.74) is -0.328. The number of rotatable bonds is 6. The number of methoxy groups -OCH3 is 1. The molecule has 1 aliphatic carbocycles. The minimum Gasteiger partial charge on any atom is -0.381 e. The van der Waals surface area contributed by atoms with Gasteiger partial charge in [-0.1, -0.05) is 5.92 Å². The first-order valence-corrected chi connectivity index (χ1v) is 10.4. The normalized spacial score (nSPS) is 22.6. The monoisotopic (exact) mass is 426 g/mol. The summed E-state index contributed by atoms with van der Waals surface area (Å²) in [6.45, 7) is 5.16. The van der Waals surface area contributed by atoms with Crippen LogP contribution < -0.4 is 4.90 Å². The van der Waals surface area contributed by atoms with Crippen LogP contribution in [0.5, 0.6) is 0 Å². The maximum absolute atomic E-state index is 13.3. The molecule has 30 heavy (non-hydrogen) atoms. The first kappa shape index (κ1) is 22.9. The van der Waals surface area contributed by atoms with Gasteiger partial charge < -0.3 is 19.1 Å². The van der Waals surface area contributed by atoms with Crippen LogP contribution in [0.1, 0.15) is 50.9 Å². The molecule has 0 bridgehead atoms. The summed E-state index contributed by atoms with van der Waals surface area (Å²) < 4.78 is 56.7. The molecule has 1 saturated carbocycles. The molecule has 1 aromatic heterocycles. The summed E-state index contributed by atoms with van der Waals surface area (Å²) in [5, 5.41) is 0. The van der Waals surface area contributed by atoms with E-state index >= 15 is 0 Å². The summed E-state index contributed by atoms with van der Waals surface area (Å²) in [6.07, 6.45) is -0.463. The Kier molecular flexibility index (Phi) is 7.61. The van der Waals surface area contributed by atoms with Gasteiger partial charge in [0.1, 0.15) is 18.0 Å². The number of halogens is 3. The molecule has 1 saturated heterocycles. The van der Waals surface area contributed by atoms with Crippen LogP contribution >= 0.6 is 0 Å². The molecule has 1 aromatic rings. The Morgan fingerprint density at radius 2 is 1.83 bits per heavy atom. The summed E-state index contributed by atoms with van der Waals surface area (Å²) in [4.78, 5) is 5.64. The molecule has 1 aliphatic heterocycles. The summed E-state index contributed by atoms with van der Waals surface area (Å²) in [6, 6.07) is 2.72. The van der Waals surface area contributed by atoms with Crippen molar-refractivity contribution in [3.05, 3.63) is 23.5 Å². The first-order valence-electron chi connectivity index (χ1n) is 10.4. The maximum atomic E-state index is 13.3. The predicted octanol–water partition coefficient (Wildman–Crippen LogP) is 4.04. The molecule has 0 aromatic carbocycles. The largest absolute Gasteiger partial charge is 0.433 e. The molecular weight excluding hydrogens is 397 g/mol. The highest BCUT2D eigenvalue weighted by atomic mass is 19.4. The van der Waals surface area contributed by atoms with E-state index in [1.807, 2.05) is 18.7 Å². The Balaban J connectivity index is 1.63. The van der Waals surface area contributed by atoms with E-state index in [0.717, 1.165) is 31.7 Å². The molecular formula is C22H29F3N2O3. The Morgan fingerprint density at radius 1 is 1.13 bits per heavy atom. The number of anilines is 1. The van der Waals surface area contributed by atoms with Crippen LogP contribution in [0, 0.1) is 11.8 Å². The van der Waals surface area contributed by atoms with Gasteiger partial charge >= 0.3 is 6.18 Å². The fourth-order valence-electron chi connectivity index (χ4n) is 3.59. The molecule has 2 fully saturated rings. The van der Waals surface area contributed by atoms with Gasteiger partial charge in [0.15, 0.2) is 0 Å². The zero-order valence-electron chi connectivity index (χ0n) is 17.7. The standard InChI is InChI=1S/C22H29F3N2O3/c1-15(2)29-10-4-5-16-11-17(12-21(26-16)22(23,24)25)27-8-6-18(7-9-27)30-20-13-19(14-20)28-3/h11-12,15,18-20H,6-10,13-14H2,1-3H3. The minimum absolute atomic E-state index is 0.00756. The van der Waals surface area contributed by atoms with Crippen LogP contribution in [0.3, 0.4) is 0 Å². The number of hydrogen-bond donors (Lipinski definition) is 0. The van der Waals surface area contributed by atoms with Gasteiger partial charge in [-0.15, -0.1) is 0 Å². The number of hydrogen-bond acceptors (Lipinski definition) is 5. The molecule has 0 amide bonds. The Labute approximate surface area is 175 Å². The van der Waals surface area contributed by atoms with Crippen LogP contribution in [0.25, 0.3) is 0 Å². The third kappa shape index (κ3) is 6.34. The second-order valence-electron chi connectivity index (χ2n) is 8.03. The van der Waals surface area contributed by atoms with Crippen LogP contribution in [0.2, 0.25) is 0 Å². The second kappa shape index (κ2) is 9.99. The molecule has 8 heteroatoms. The highest BCUT2D eigenvalue weighted by Crippen LogP contribution is 2.33. The predicted molar refractivity (Wildman–Crippen MR) is 107 cm³/mol. The quantitative estimate of drug-likeness (QED) is 0.643. The SMILES string of the molecule is COC1CC(OC2CCN(c3cc(C#CCOC(C)C)nc(C(F)(F)F)c3)CC2)C1. The number of piperidine rings is 1. The van der Waals surface area contributed by atoms with E-state index < -0.39 is 11.9 Å². The average Bonchev–Trinajstić information content (AvgIpc) is 2.67. The van der Waals surface area contributed by atoms with Crippen LogP contribution in [-0.4, -0.2) is 56.2 Å². The van der Waals surface area contributed by atoms with Crippen molar-refractivity contribution in [2.24, 2.45) is 0 Å². The van der Waals surface area contributed by atoms with Gasteiger partial charge in [0.05, 0.1) is 24.4 Å². The zero-order valence-corrected chi connectivity index (χ0v) is 17.7. The summed E-state index contributed by atoms with van der Waals surface area (Å²) >= 11 is 0. The van der Waals surface area contributed by atoms with Crippen molar-refractivity contribution >= 4 is 5.69 Å². The third-order valence-corrected chi connectivity index (χ3v) is 5.38. The van der Waals surface area contributed by atoms with Gasteiger partial charge in [0.25, 0.3) is 0 Å². The first-order chi connectivity index (χ1) is 14.2. The fourth-order valence-corrected chi connectivity index (χ4v) is 3.59. The van der Waals surface area contributed by atoms with E-state index in [4.69, 9.17) is 14.2 Å². The van der Waals surface area contributed by atoms with E-state index in [0.29, 0.717) is 18.8 Å². The lowest BCUT2D eigenvalue weighted by Crippen LogP contribution is -2.43. The van der Waals surface area contributed by atoms with Gasteiger partial charge in [-0.2, -0.15) is 13.2 Å². The van der Waals surface area contributed by atoms with Gasteiger partial charge in [0, 0.05) is 25.9 Å². The Morgan fingerprint density at radius 3 is 2.43 bits per heavy atom. The number of pyridine rings is 1. The number of ether oxygens (including phenoxy) is 3. The lowest BCUT2D eigenvalue weighted by molar-refractivity contribution is -0.141. The number of aromatic nitrogens is 1. The molecule has 0 atom stereocenters. The van der Waals surface area contributed by atoms with E-state index in [1.165, 1.54) is 0 Å². The topological polar surface area (TPSA) is 43.8 Å². The highest BCUT2D eigenvalue weighted by Gasteiger charge is 2.35. The van der Waals surface area contributed by atoms with Gasteiger partial charge in [-0.3, -0.25) is 0 Å². The smallest absolute Gasteiger partial charge is 0.381 e. The lowest BCUT2D eigenvalue weighted by Gasteiger charge is -2.40. The molecule has 3 rings (SSSR count).